The van der Waals surface area contributed by atoms with E-state index in [1.54, 1.807) is 0 Å². The average Bonchev–Trinajstić information content (AvgIpc) is 2.14. The Balaban J connectivity index is 2.60. The number of benzene rings is 1. The van der Waals surface area contributed by atoms with Crippen LogP contribution in [0.25, 0.3) is 6.08 Å². The second kappa shape index (κ2) is 5.71. The number of carbonyl (C=O) groups excluding carboxylic acids is 1. The Labute approximate surface area is 98.5 Å². The molecule has 1 aromatic carbocycles. The van der Waals surface area contributed by atoms with Crippen LogP contribution in [0, 0.1) is 6.92 Å². The first-order valence-electron chi connectivity index (χ1n) is 4.76. The van der Waals surface area contributed by atoms with E-state index >= 15 is 0 Å². The van der Waals surface area contributed by atoms with E-state index in [0.717, 1.165) is 10.0 Å². The highest BCUT2D eigenvalue weighted by molar-refractivity contribution is 9.10. The maximum Gasteiger partial charge on any atom is 0.217 e. The fourth-order valence-corrected chi connectivity index (χ4v) is 1.78. The van der Waals surface area contributed by atoms with Crippen LogP contribution in [0.5, 0.6) is 0 Å². The summed E-state index contributed by atoms with van der Waals surface area (Å²) in [6.45, 7) is 4.13. The first kappa shape index (κ1) is 12.0. The predicted octanol–water partition coefficient (Wildman–Crippen LogP) is 2.91. The Bertz CT molecular complexity index is 385. The van der Waals surface area contributed by atoms with Gasteiger partial charge in [0.25, 0.3) is 0 Å². The van der Waals surface area contributed by atoms with Gasteiger partial charge in [0.15, 0.2) is 0 Å². The first-order valence-corrected chi connectivity index (χ1v) is 5.56. The number of hydrogen-bond donors (Lipinski definition) is 1. The number of amides is 1. The topological polar surface area (TPSA) is 29.1 Å². The monoisotopic (exact) mass is 267 g/mol. The van der Waals surface area contributed by atoms with Gasteiger partial charge in [-0.3, -0.25) is 4.79 Å². The number of carbonyl (C=O) groups is 1. The van der Waals surface area contributed by atoms with E-state index in [-0.39, 0.29) is 5.91 Å². The molecule has 0 aromatic heterocycles. The lowest BCUT2D eigenvalue weighted by Crippen LogP contribution is -2.19. The Morgan fingerprint density at radius 1 is 1.53 bits per heavy atom. The van der Waals surface area contributed by atoms with Gasteiger partial charge in [-0.1, -0.05) is 40.2 Å². The maximum atomic E-state index is 10.6. The molecule has 0 saturated heterocycles. The molecule has 0 unspecified atom stereocenters. The van der Waals surface area contributed by atoms with Crippen molar-refractivity contribution in [3.8, 4) is 0 Å². The van der Waals surface area contributed by atoms with Gasteiger partial charge < -0.3 is 5.32 Å². The Morgan fingerprint density at radius 2 is 2.27 bits per heavy atom. The summed E-state index contributed by atoms with van der Waals surface area (Å²) in [6, 6.07) is 6.17. The Morgan fingerprint density at radius 3 is 2.87 bits per heavy atom. The van der Waals surface area contributed by atoms with Gasteiger partial charge in [-0.15, -0.1) is 0 Å². The lowest BCUT2D eigenvalue weighted by molar-refractivity contribution is -0.118. The molecule has 1 aromatic rings. The van der Waals surface area contributed by atoms with Crippen molar-refractivity contribution in [2.75, 3.05) is 6.54 Å². The summed E-state index contributed by atoms with van der Waals surface area (Å²) in [4.78, 5) is 10.6. The van der Waals surface area contributed by atoms with Crippen LogP contribution in [0.4, 0.5) is 0 Å². The summed E-state index contributed by atoms with van der Waals surface area (Å²) in [7, 11) is 0. The summed E-state index contributed by atoms with van der Waals surface area (Å²) < 4.78 is 1.07. The normalized spacial score (nSPS) is 10.6. The largest absolute Gasteiger partial charge is 0.353 e. The van der Waals surface area contributed by atoms with Gasteiger partial charge in [-0.25, -0.2) is 0 Å². The van der Waals surface area contributed by atoms with E-state index in [4.69, 9.17) is 0 Å². The standard InChI is InChI=1S/C12H14BrNO/c1-9-5-6-11(12(13)8-9)4-3-7-14-10(2)15/h3-6,8H,7H2,1-2H3,(H,14,15). The molecule has 0 saturated carbocycles. The highest BCUT2D eigenvalue weighted by Crippen LogP contribution is 2.19. The molecule has 0 aliphatic heterocycles. The maximum absolute atomic E-state index is 10.6. The van der Waals surface area contributed by atoms with E-state index in [9.17, 15) is 4.79 Å². The molecular formula is C12H14BrNO. The van der Waals surface area contributed by atoms with Crippen molar-refractivity contribution in [1.82, 2.24) is 5.32 Å². The fraction of sp³-hybridized carbons (Fsp3) is 0.250. The zero-order valence-electron chi connectivity index (χ0n) is 8.88. The van der Waals surface area contributed by atoms with Gasteiger partial charge in [-0.2, -0.15) is 0 Å². The number of halogens is 1. The molecule has 1 amide bonds. The highest BCUT2D eigenvalue weighted by atomic mass is 79.9. The third kappa shape index (κ3) is 4.30. The van der Waals surface area contributed by atoms with Gasteiger partial charge in [0.2, 0.25) is 5.91 Å². The van der Waals surface area contributed by atoms with Crippen LogP contribution < -0.4 is 5.32 Å². The van der Waals surface area contributed by atoms with Crippen LogP contribution in [-0.4, -0.2) is 12.5 Å². The lowest BCUT2D eigenvalue weighted by Gasteiger charge is -2.00. The smallest absolute Gasteiger partial charge is 0.217 e. The second-order valence-corrected chi connectivity index (χ2v) is 4.22. The first-order chi connectivity index (χ1) is 7.09. The molecule has 0 heterocycles. The molecule has 0 aliphatic rings. The van der Waals surface area contributed by atoms with E-state index < -0.39 is 0 Å². The zero-order valence-corrected chi connectivity index (χ0v) is 10.5. The fourth-order valence-electron chi connectivity index (χ4n) is 1.16. The summed E-state index contributed by atoms with van der Waals surface area (Å²) in [5.74, 6) is -0.0115. The van der Waals surface area contributed by atoms with E-state index in [2.05, 4.69) is 40.3 Å². The van der Waals surface area contributed by atoms with Crippen molar-refractivity contribution in [3.63, 3.8) is 0 Å². The number of rotatable bonds is 3. The van der Waals surface area contributed by atoms with Crippen LogP contribution in [-0.2, 0) is 4.79 Å². The van der Waals surface area contributed by atoms with Crippen molar-refractivity contribution >= 4 is 27.9 Å². The Hall–Kier alpha value is -1.09. The lowest BCUT2D eigenvalue weighted by atomic mass is 10.1. The highest BCUT2D eigenvalue weighted by Gasteiger charge is 1.95. The summed E-state index contributed by atoms with van der Waals surface area (Å²) in [5.41, 5.74) is 2.34. The molecule has 1 N–H and O–H groups in total. The van der Waals surface area contributed by atoms with Crippen molar-refractivity contribution in [1.29, 1.82) is 0 Å². The second-order valence-electron chi connectivity index (χ2n) is 3.36. The third-order valence-corrected chi connectivity index (χ3v) is 2.61. The van der Waals surface area contributed by atoms with Crippen LogP contribution in [0.15, 0.2) is 28.7 Å². The van der Waals surface area contributed by atoms with E-state index in [0.29, 0.717) is 6.54 Å². The predicted molar refractivity (Wildman–Crippen MR) is 66.6 cm³/mol. The van der Waals surface area contributed by atoms with Gasteiger partial charge in [-0.05, 0) is 24.1 Å². The average molecular weight is 268 g/mol. The van der Waals surface area contributed by atoms with Crippen LogP contribution in [0.3, 0.4) is 0 Å². The van der Waals surface area contributed by atoms with Gasteiger partial charge >= 0.3 is 0 Å². The minimum atomic E-state index is -0.0115. The van der Waals surface area contributed by atoms with E-state index in [1.165, 1.54) is 12.5 Å². The molecule has 0 spiro atoms. The van der Waals surface area contributed by atoms with Crippen LogP contribution in [0.1, 0.15) is 18.1 Å². The van der Waals surface area contributed by atoms with Crippen molar-refractivity contribution in [2.24, 2.45) is 0 Å². The molecular weight excluding hydrogens is 254 g/mol. The minimum Gasteiger partial charge on any atom is -0.353 e. The molecule has 15 heavy (non-hydrogen) atoms. The number of aryl methyl sites for hydroxylation is 1. The van der Waals surface area contributed by atoms with Crippen molar-refractivity contribution < 1.29 is 4.79 Å². The molecule has 0 bridgehead atoms. The summed E-state index contributed by atoms with van der Waals surface area (Å²) >= 11 is 3.49. The van der Waals surface area contributed by atoms with Crippen molar-refractivity contribution in [2.45, 2.75) is 13.8 Å². The third-order valence-electron chi connectivity index (χ3n) is 1.92. The minimum absolute atomic E-state index is 0.0115. The quantitative estimate of drug-likeness (QED) is 0.897. The van der Waals surface area contributed by atoms with Gasteiger partial charge in [0, 0.05) is 17.9 Å². The number of hydrogen-bond acceptors (Lipinski definition) is 1. The zero-order chi connectivity index (χ0) is 11.3. The number of nitrogens with one attached hydrogen (secondary N) is 1. The molecule has 2 nitrogen and oxygen atoms in total. The molecule has 0 fully saturated rings. The summed E-state index contributed by atoms with van der Waals surface area (Å²) in [6.07, 6.45) is 3.91. The van der Waals surface area contributed by atoms with Crippen molar-refractivity contribution in [3.05, 3.63) is 39.9 Å². The molecule has 0 aliphatic carbocycles. The molecule has 1 rings (SSSR count). The van der Waals surface area contributed by atoms with E-state index in [1.807, 2.05) is 18.2 Å². The van der Waals surface area contributed by atoms with Gasteiger partial charge in [0.1, 0.15) is 0 Å². The molecule has 80 valence electrons. The Kier molecular flexibility index (Phi) is 4.56. The van der Waals surface area contributed by atoms with Crippen LogP contribution in [0.2, 0.25) is 0 Å². The summed E-state index contributed by atoms with van der Waals surface area (Å²) in [5, 5.41) is 2.71. The van der Waals surface area contributed by atoms with Gasteiger partial charge in [0.05, 0.1) is 0 Å². The SMILES string of the molecule is CC(=O)NCC=Cc1ccc(C)cc1Br. The molecule has 0 atom stereocenters. The van der Waals surface area contributed by atoms with Crippen LogP contribution >= 0.6 is 15.9 Å². The molecule has 0 radical (unpaired) electrons. The molecule has 3 heteroatoms.